The molecular formula is C120H140B4N12Ni2O12. The van der Waals surface area contributed by atoms with Crippen molar-refractivity contribution in [3.05, 3.63) is 485 Å². The Hall–Kier alpha value is -17.6. The molecule has 0 aromatic heterocycles. The number of rotatable bonds is 28. The van der Waals surface area contributed by atoms with E-state index in [1.165, 1.54) is 87.4 Å². The summed E-state index contributed by atoms with van der Waals surface area (Å²) in [5, 5.41) is 27.0. The van der Waals surface area contributed by atoms with Crippen LogP contribution in [0.25, 0.3) is 0 Å². The predicted molar refractivity (Wildman–Crippen MR) is 622 cm³/mol. The van der Waals surface area contributed by atoms with Gasteiger partial charge in [-0.15, -0.1) is 0 Å². The third-order valence-electron chi connectivity index (χ3n) is 22.2. The average molecular weight is 2100 g/mol. The SMILES string of the molecule is CNC=O.CNC=O.CNC=O.CNC=O.CNC=O.CNC=O.CNC=O.CNC=O.CNC=O.CNC=O.CNC=O.CNC=O.[Ni+2].[Ni+2].c1ccc([B-](c2ccccc2)(c2ccccc2)c2ccccc2)cc1.c1ccc([B-](c2ccccc2)(c2ccccc2)c2ccccc2)cc1.c1ccc([B-](c2ccccc2)(c2ccccc2)c2ccccc2)cc1.c1ccc([B-](c2ccccc2)(c2ccccc2)c2ccccc2)cc1. The first kappa shape index (κ1) is 134. The van der Waals surface area contributed by atoms with Crippen molar-refractivity contribution in [3.63, 3.8) is 0 Å². The minimum Gasteiger partial charge on any atom is -0.362 e. The third-order valence-corrected chi connectivity index (χ3v) is 22.2. The molecule has 0 saturated heterocycles. The first-order valence-electron chi connectivity index (χ1n) is 47.5. The first-order valence-corrected chi connectivity index (χ1v) is 47.5. The molecule has 0 saturated carbocycles. The summed E-state index contributed by atoms with van der Waals surface area (Å²) in [6.07, 6.45) is 2.64. The molecule has 784 valence electrons. The fraction of sp³-hybridized carbons (Fsp3) is 0.100. The van der Waals surface area contributed by atoms with Crippen LogP contribution in [-0.4, -0.2) is 186 Å². The van der Waals surface area contributed by atoms with Gasteiger partial charge in [-0.25, -0.2) is 0 Å². The van der Waals surface area contributed by atoms with Crippen molar-refractivity contribution in [1.29, 1.82) is 0 Å². The van der Waals surface area contributed by atoms with Crippen LogP contribution in [0.4, 0.5) is 0 Å². The number of nitrogens with one attached hydrogen (secondary N) is 12. The van der Waals surface area contributed by atoms with Crippen molar-refractivity contribution >= 4 is 189 Å². The van der Waals surface area contributed by atoms with E-state index in [1.807, 2.05) is 0 Å². The smallest absolute Gasteiger partial charge is 0.362 e. The zero-order chi connectivity index (χ0) is 109. The molecule has 0 aliphatic carbocycles. The zero-order valence-corrected chi connectivity index (χ0v) is 88.9. The Morgan fingerprint density at radius 1 is 0.107 bits per heavy atom. The Bertz CT molecular complexity index is 4550. The van der Waals surface area contributed by atoms with Crippen molar-refractivity contribution in [2.24, 2.45) is 0 Å². The number of hydrogen-bond acceptors (Lipinski definition) is 12. The zero-order valence-electron chi connectivity index (χ0n) is 87.0. The Balaban J connectivity index is 0. The molecule has 0 aliphatic rings. The maximum atomic E-state index is 9.06. The molecule has 12 amide bonds. The van der Waals surface area contributed by atoms with E-state index in [0.29, 0.717) is 76.9 Å². The summed E-state index contributed by atoms with van der Waals surface area (Å²) in [4.78, 5) is 109. The second-order valence-electron chi connectivity index (χ2n) is 30.9. The molecule has 0 spiro atoms. The van der Waals surface area contributed by atoms with Gasteiger partial charge in [-0.05, 0) is 0 Å². The number of benzene rings is 16. The van der Waals surface area contributed by atoms with Gasteiger partial charge in [0.1, 0.15) is 24.6 Å². The van der Waals surface area contributed by atoms with Gasteiger partial charge in [-0.3, -0.25) is 57.5 Å². The monoisotopic (exact) mass is 2100 g/mol. The van der Waals surface area contributed by atoms with Crippen LogP contribution in [0.1, 0.15) is 0 Å². The summed E-state index contributed by atoms with van der Waals surface area (Å²) in [6, 6.07) is 174. The van der Waals surface area contributed by atoms with Crippen molar-refractivity contribution in [1.82, 2.24) is 63.8 Å². The molecule has 150 heavy (non-hydrogen) atoms. The van der Waals surface area contributed by atoms with Crippen LogP contribution in [0.2, 0.25) is 0 Å². The van der Waals surface area contributed by atoms with Crippen LogP contribution in [0.3, 0.4) is 0 Å². The van der Waals surface area contributed by atoms with E-state index in [4.69, 9.17) is 57.5 Å². The fourth-order valence-electron chi connectivity index (χ4n) is 16.5. The summed E-state index contributed by atoms with van der Waals surface area (Å²) in [7, 11) is 18.8. The average Bonchev–Trinajstić information content (AvgIpc) is 0.753. The molecule has 16 rings (SSSR count). The first-order chi connectivity index (χ1) is 72.7. The van der Waals surface area contributed by atoms with Crippen LogP contribution in [0.15, 0.2) is 485 Å². The van der Waals surface area contributed by atoms with Gasteiger partial charge in [0.05, 0.1) is 0 Å². The van der Waals surface area contributed by atoms with E-state index in [9.17, 15) is 0 Å². The van der Waals surface area contributed by atoms with Crippen LogP contribution < -0.4 is 151 Å². The number of amides is 12. The molecule has 16 aromatic carbocycles. The topological polar surface area (TPSA) is 349 Å². The van der Waals surface area contributed by atoms with E-state index in [0.717, 1.165) is 0 Å². The molecule has 12 N–H and O–H groups in total. The minimum absolute atomic E-state index is 0. The van der Waals surface area contributed by atoms with E-state index in [2.05, 4.69) is 549 Å². The van der Waals surface area contributed by atoms with Gasteiger partial charge >= 0.3 is 33.0 Å². The van der Waals surface area contributed by atoms with E-state index in [-0.39, 0.29) is 33.0 Å². The standard InChI is InChI=1S/4C24H20B.12C2H5NO.2Ni/c4*1-5-13-21(14-6-1)25(22-15-7-2-8-16-22,23-17-9-3-10-18-23)24-19-11-4-12-20-24;12*1-3-2-4;;/h4*1-20H;12*2H,1H3,(H,3,4);;/q4*-1;;;;;;;;;;;;;2*+2. The fourth-order valence-corrected chi connectivity index (χ4v) is 16.5. The molecular weight excluding hydrogens is 1960 g/mol. The number of carbonyl (C=O) groups is 12. The van der Waals surface area contributed by atoms with Crippen molar-refractivity contribution in [2.75, 3.05) is 84.6 Å². The van der Waals surface area contributed by atoms with Gasteiger partial charge in [0.25, 0.3) is 0 Å². The Morgan fingerprint density at radius 3 is 0.180 bits per heavy atom. The molecule has 0 unspecified atom stereocenters. The molecule has 0 radical (unpaired) electrons. The van der Waals surface area contributed by atoms with Crippen LogP contribution in [0.5, 0.6) is 0 Å². The van der Waals surface area contributed by atoms with Gasteiger partial charge in [0.2, 0.25) is 76.9 Å². The van der Waals surface area contributed by atoms with Gasteiger partial charge < -0.3 is 63.8 Å². The van der Waals surface area contributed by atoms with Crippen LogP contribution in [0, 0.1) is 0 Å². The van der Waals surface area contributed by atoms with Crippen LogP contribution in [-0.2, 0) is 90.5 Å². The Labute approximate surface area is 906 Å². The summed E-state index contributed by atoms with van der Waals surface area (Å²) >= 11 is 0. The van der Waals surface area contributed by atoms with Gasteiger partial charge in [-0.1, -0.05) is 485 Å². The molecule has 30 heteroatoms. The molecule has 0 atom stereocenters. The normalized spacial score (nSPS) is 9.15. The quantitative estimate of drug-likeness (QED) is 0.0237. The molecule has 0 aliphatic heterocycles. The summed E-state index contributed by atoms with van der Waals surface area (Å²) in [5.41, 5.74) is 21.4. The number of carbonyl (C=O) groups excluding carboxylic acids is 12. The maximum Gasteiger partial charge on any atom is 2.00 e. The molecule has 0 fully saturated rings. The van der Waals surface area contributed by atoms with Crippen molar-refractivity contribution in [2.45, 2.75) is 0 Å². The van der Waals surface area contributed by atoms with Gasteiger partial charge in [-0.2, -0.15) is 87.4 Å². The summed E-state index contributed by atoms with van der Waals surface area (Å²) < 4.78 is 0. The second kappa shape index (κ2) is 89.1. The number of hydrogen-bond donors (Lipinski definition) is 12. The van der Waals surface area contributed by atoms with Crippen molar-refractivity contribution < 1.29 is 90.5 Å². The van der Waals surface area contributed by atoms with E-state index >= 15 is 0 Å². The van der Waals surface area contributed by atoms with Gasteiger partial charge in [0.15, 0.2) is 0 Å². The van der Waals surface area contributed by atoms with E-state index in [1.54, 1.807) is 84.6 Å². The molecule has 0 heterocycles. The Morgan fingerprint density at radius 2 is 0.147 bits per heavy atom. The van der Waals surface area contributed by atoms with E-state index < -0.39 is 24.6 Å². The molecule has 0 bridgehead atoms. The van der Waals surface area contributed by atoms with Gasteiger partial charge in [0, 0.05) is 84.6 Å². The molecule has 24 nitrogen and oxygen atoms in total. The molecule has 16 aromatic rings. The predicted octanol–water partition coefficient (Wildman–Crippen LogP) is 4.60. The maximum absolute atomic E-state index is 9.06. The third kappa shape index (κ3) is 45.8. The largest absolute Gasteiger partial charge is 2.00 e. The Kier molecular flexibility index (Phi) is 79.8. The minimum atomic E-state index is -1.22. The van der Waals surface area contributed by atoms with Crippen molar-refractivity contribution in [3.8, 4) is 0 Å². The second-order valence-corrected chi connectivity index (χ2v) is 30.9. The van der Waals surface area contributed by atoms with Crippen LogP contribution >= 0.6 is 0 Å². The summed E-state index contributed by atoms with van der Waals surface area (Å²) in [5.74, 6) is 0. The summed E-state index contributed by atoms with van der Waals surface area (Å²) in [6.45, 7) is 0.